The first-order valence-electron chi connectivity index (χ1n) is 6.86. The molecule has 0 aromatic carbocycles. The molecule has 0 atom stereocenters. The molecular formula is C14H25N3S. The van der Waals surface area contributed by atoms with Gasteiger partial charge in [0.25, 0.3) is 0 Å². The molecule has 1 aromatic rings. The van der Waals surface area contributed by atoms with Crippen LogP contribution < -0.4 is 5.32 Å². The molecule has 4 heteroatoms. The number of thioether (sulfide) groups is 1. The van der Waals surface area contributed by atoms with Gasteiger partial charge in [-0.1, -0.05) is 12.8 Å². The molecule has 1 fully saturated rings. The largest absolute Gasteiger partial charge is 0.354 e. The van der Waals surface area contributed by atoms with Crippen molar-refractivity contribution in [1.29, 1.82) is 0 Å². The molecule has 0 aliphatic heterocycles. The number of rotatable bonds is 5. The molecule has 2 rings (SSSR count). The van der Waals surface area contributed by atoms with Gasteiger partial charge in [0, 0.05) is 23.5 Å². The SMILES string of the molecule is CSC(C)(C)CNc1nc(C)cn1C1CCCC1. The van der Waals surface area contributed by atoms with Crippen molar-refractivity contribution in [1.82, 2.24) is 9.55 Å². The third kappa shape index (κ3) is 3.22. The molecule has 18 heavy (non-hydrogen) atoms. The Balaban J connectivity index is 2.07. The lowest BCUT2D eigenvalue weighted by molar-refractivity contribution is 0.521. The van der Waals surface area contributed by atoms with Crippen molar-refractivity contribution < 1.29 is 0 Å². The number of imidazole rings is 1. The van der Waals surface area contributed by atoms with E-state index >= 15 is 0 Å². The summed E-state index contributed by atoms with van der Waals surface area (Å²) in [5, 5.41) is 3.53. The fourth-order valence-electron chi connectivity index (χ4n) is 2.47. The van der Waals surface area contributed by atoms with E-state index in [0.717, 1.165) is 18.2 Å². The first-order chi connectivity index (χ1) is 8.52. The molecule has 1 aromatic heterocycles. The van der Waals surface area contributed by atoms with E-state index in [-0.39, 0.29) is 4.75 Å². The lowest BCUT2D eigenvalue weighted by Gasteiger charge is -2.24. The second kappa shape index (κ2) is 5.55. The van der Waals surface area contributed by atoms with Crippen molar-refractivity contribution in [2.24, 2.45) is 0 Å². The standard InChI is InChI=1S/C14H25N3S/c1-11-9-17(12-7-5-6-8-12)13(16-11)15-10-14(2,3)18-4/h9,12H,5-8,10H2,1-4H3,(H,15,16). The molecule has 0 saturated heterocycles. The minimum atomic E-state index is 0.250. The average Bonchev–Trinajstić information content (AvgIpc) is 2.95. The first-order valence-corrected chi connectivity index (χ1v) is 8.09. The van der Waals surface area contributed by atoms with Gasteiger partial charge in [-0.2, -0.15) is 11.8 Å². The third-order valence-corrected chi connectivity index (χ3v) is 5.05. The van der Waals surface area contributed by atoms with Gasteiger partial charge >= 0.3 is 0 Å². The van der Waals surface area contributed by atoms with Gasteiger partial charge < -0.3 is 9.88 Å². The van der Waals surface area contributed by atoms with Crippen molar-refractivity contribution in [2.75, 3.05) is 18.1 Å². The maximum absolute atomic E-state index is 4.64. The summed E-state index contributed by atoms with van der Waals surface area (Å²) in [7, 11) is 0. The van der Waals surface area contributed by atoms with Gasteiger partial charge in [0.05, 0.1) is 5.69 Å². The fourth-order valence-corrected chi connectivity index (χ4v) is 2.69. The summed E-state index contributed by atoms with van der Waals surface area (Å²) in [5.41, 5.74) is 1.12. The summed E-state index contributed by atoms with van der Waals surface area (Å²) < 4.78 is 2.61. The highest BCUT2D eigenvalue weighted by Gasteiger charge is 2.22. The number of nitrogens with zero attached hydrogens (tertiary/aromatic N) is 2. The normalized spacial score (nSPS) is 17.3. The molecule has 1 aliphatic carbocycles. The summed E-state index contributed by atoms with van der Waals surface area (Å²) >= 11 is 1.89. The Bertz CT molecular complexity index is 392. The topological polar surface area (TPSA) is 29.9 Å². The Labute approximate surface area is 115 Å². The molecule has 0 bridgehead atoms. The van der Waals surface area contributed by atoms with Crippen molar-refractivity contribution >= 4 is 17.7 Å². The van der Waals surface area contributed by atoms with Crippen molar-refractivity contribution in [3.63, 3.8) is 0 Å². The van der Waals surface area contributed by atoms with Crippen molar-refractivity contribution in [2.45, 2.75) is 57.2 Å². The number of aryl methyl sites for hydroxylation is 1. The summed E-state index contributed by atoms with van der Waals surface area (Å²) in [5.74, 6) is 1.06. The molecule has 3 nitrogen and oxygen atoms in total. The molecule has 0 radical (unpaired) electrons. The van der Waals surface area contributed by atoms with Crippen LogP contribution in [0.15, 0.2) is 6.20 Å². The fraction of sp³-hybridized carbons (Fsp3) is 0.786. The Morgan fingerprint density at radius 2 is 2.11 bits per heavy atom. The summed E-state index contributed by atoms with van der Waals surface area (Å²) in [6.07, 6.45) is 9.68. The van der Waals surface area contributed by atoms with E-state index in [1.54, 1.807) is 0 Å². The predicted octanol–water partition coefficient (Wildman–Crippen LogP) is 3.86. The minimum absolute atomic E-state index is 0.250. The Kier molecular flexibility index (Phi) is 4.25. The van der Waals surface area contributed by atoms with Crippen LogP contribution in [-0.2, 0) is 0 Å². The number of anilines is 1. The van der Waals surface area contributed by atoms with Crippen molar-refractivity contribution in [3.05, 3.63) is 11.9 Å². The van der Waals surface area contributed by atoms with Gasteiger partial charge in [-0.15, -0.1) is 0 Å². The highest BCUT2D eigenvalue weighted by molar-refractivity contribution is 7.99. The van der Waals surface area contributed by atoms with Crippen LogP contribution in [0.2, 0.25) is 0 Å². The van der Waals surface area contributed by atoms with Crippen LogP contribution in [0.1, 0.15) is 51.3 Å². The van der Waals surface area contributed by atoms with Gasteiger partial charge in [-0.25, -0.2) is 4.98 Å². The number of nitrogens with one attached hydrogen (secondary N) is 1. The highest BCUT2D eigenvalue weighted by Crippen LogP contribution is 2.32. The second-order valence-corrected chi connectivity index (χ2v) is 7.38. The smallest absolute Gasteiger partial charge is 0.203 e. The molecular weight excluding hydrogens is 242 g/mol. The molecule has 1 heterocycles. The van der Waals surface area contributed by atoms with Gasteiger partial charge in [0.1, 0.15) is 0 Å². The highest BCUT2D eigenvalue weighted by atomic mass is 32.2. The monoisotopic (exact) mass is 267 g/mol. The van der Waals surface area contributed by atoms with Gasteiger partial charge in [0.2, 0.25) is 5.95 Å². The van der Waals surface area contributed by atoms with E-state index in [2.05, 4.69) is 48.1 Å². The molecule has 1 N–H and O–H groups in total. The molecule has 102 valence electrons. The third-order valence-electron chi connectivity index (χ3n) is 3.80. The maximum atomic E-state index is 4.64. The van der Waals surface area contributed by atoms with Crippen LogP contribution in [0.25, 0.3) is 0 Å². The predicted molar refractivity (Wildman–Crippen MR) is 80.6 cm³/mol. The van der Waals surface area contributed by atoms with E-state index in [0.29, 0.717) is 6.04 Å². The lowest BCUT2D eigenvalue weighted by Crippen LogP contribution is -2.27. The zero-order valence-corrected chi connectivity index (χ0v) is 12.8. The Morgan fingerprint density at radius 3 is 2.72 bits per heavy atom. The van der Waals surface area contributed by atoms with Crippen LogP contribution in [0, 0.1) is 6.92 Å². The zero-order valence-electron chi connectivity index (χ0n) is 12.0. The summed E-state index contributed by atoms with van der Waals surface area (Å²) in [6, 6.07) is 0.658. The Hall–Kier alpha value is -0.640. The zero-order chi connectivity index (χ0) is 13.2. The Morgan fingerprint density at radius 1 is 1.44 bits per heavy atom. The minimum Gasteiger partial charge on any atom is -0.354 e. The van der Waals surface area contributed by atoms with Crippen LogP contribution >= 0.6 is 11.8 Å². The molecule has 1 aliphatic rings. The summed E-state index contributed by atoms with van der Waals surface area (Å²) in [4.78, 5) is 4.64. The number of hydrogen-bond acceptors (Lipinski definition) is 3. The van der Waals surface area contributed by atoms with Gasteiger partial charge in [0.15, 0.2) is 0 Å². The molecule has 0 unspecified atom stereocenters. The van der Waals surface area contributed by atoms with E-state index < -0.39 is 0 Å². The number of hydrogen-bond donors (Lipinski definition) is 1. The quantitative estimate of drug-likeness (QED) is 0.878. The lowest BCUT2D eigenvalue weighted by atomic mass is 10.2. The molecule has 0 spiro atoms. The van der Waals surface area contributed by atoms with E-state index in [1.807, 2.05) is 11.8 Å². The van der Waals surface area contributed by atoms with E-state index in [1.165, 1.54) is 25.7 Å². The summed E-state index contributed by atoms with van der Waals surface area (Å²) in [6.45, 7) is 7.56. The van der Waals surface area contributed by atoms with E-state index in [9.17, 15) is 0 Å². The molecule has 0 amide bonds. The van der Waals surface area contributed by atoms with E-state index in [4.69, 9.17) is 0 Å². The van der Waals surface area contributed by atoms with Crippen molar-refractivity contribution in [3.8, 4) is 0 Å². The second-order valence-electron chi connectivity index (χ2n) is 5.87. The number of aromatic nitrogens is 2. The molecule has 1 saturated carbocycles. The first kappa shape index (κ1) is 13.8. The van der Waals surface area contributed by atoms with Crippen LogP contribution in [0.3, 0.4) is 0 Å². The van der Waals surface area contributed by atoms with Gasteiger partial charge in [-0.3, -0.25) is 0 Å². The van der Waals surface area contributed by atoms with Gasteiger partial charge in [-0.05, 0) is 39.9 Å². The van der Waals surface area contributed by atoms with Crippen LogP contribution in [0.4, 0.5) is 5.95 Å². The average molecular weight is 267 g/mol. The maximum Gasteiger partial charge on any atom is 0.203 e. The van der Waals surface area contributed by atoms with Crippen LogP contribution in [-0.4, -0.2) is 27.1 Å². The van der Waals surface area contributed by atoms with Crippen LogP contribution in [0.5, 0.6) is 0 Å².